The van der Waals surface area contributed by atoms with Crippen LogP contribution in [0.25, 0.3) is 0 Å². The maximum Gasteiger partial charge on any atom is 0.266 e. The van der Waals surface area contributed by atoms with Crippen LogP contribution in [0.3, 0.4) is 0 Å². The lowest BCUT2D eigenvalue weighted by Crippen LogP contribution is -2.32. The Labute approximate surface area is 147 Å². The van der Waals surface area contributed by atoms with Crippen LogP contribution in [0.5, 0.6) is 0 Å². The third-order valence-corrected chi connectivity index (χ3v) is 6.10. The number of aryl methyl sites for hydroxylation is 1. The molecule has 3 nitrogen and oxygen atoms in total. The standard InChI is InChI=1S/C17H17Cl2NO2S/c1-4-10-20(16-7-5-6-12(2)13(16)3)23(21,22)17-11-14(18)8-9-15(17)19/h4-9,11H,1,10H2,2-3H3. The molecule has 0 aliphatic rings. The van der Waals surface area contributed by atoms with E-state index >= 15 is 0 Å². The highest BCUT2D eigenvalue weighted by atomic mass is 35.5. The molecule has 0 aliphatic carbocycles. The molecular formula is C17H17Cl2NO2S. The van der Waals surface area contributed by atoms with Crippen molar-refractivity contribution in [1.82, 2.24) is 0 Å². The van der Waals surface area contributed by atoms with Gasteiger partial charge >= 0.3 is 0 Å². The van der Waals surface area contributed by atoms with Gasteiger partial charge in [-0.05, 0) is 49.2 Å². The van der Waals surface area contributed by atoms with Crippen LogP contribution in [0.2, 0.25) is 10.0 Å². The maximum absolute atomic E-state index is 13.1. The topological polar surface area (TPSA) is 37.4 Å². The summed E-state index contributed by atoms with van der Waals surface area (Å²) in [6.45, 7) is 7.61. The summed E-state index contributed by atoms with van der Waals surface area (Å²) in [6, 6.07) is 9.92. The Morgan fingerprint density at radius 3 is 2.52 bits per heavy atom. The third-order valence-electron chi connectivity index (χ3n) is 3.60. The zero-order valence-electron chi connectivity index (χ0n) is 12.9. The molecule has 0 N–H and O–H groups in total. The highest BCUT2D eigenvalue weighted by molar-refractivity contribution is 7.93. The molecule has 122 valence electrons. The Bertz CT molecular complexity index is 848. The van der Waals surface area contributed by atoms with Gasteiger partial charge < -0.3 is 0 Å². The maximum atomic E-state index is 13.1. The Balaban J connectivity index is 2.67. The van der Waals surface area contributed by atoms with E-state index in [4.69, 9.17) is 23.2 Å². The first-order chi connectivity index (χ1) is 10.8. The van der Waals surface area contributed by atoms with Crippen LogP contribution < -0.4 is 4.31 Å². The van der Waals surface area contributed by atoms with Crippen molar-refractivity contribution in [3.63, 3.8) is 0 Å². The molecule has 2 aromatic carbocycles. The van der Waals surface area contributed by atoms with E-state index in [0.29, 0.717) is 10.7 Å². The molecule has 2 aromatic rings. The molecular weight excluding hydrogens is 353 g/mol. The van der Waals surface area contributed by atoms with Crippen LogP contribution in [0.1, 0.15) is 11.1 Å². The largest absolute Gasteiger partial charge is 0.266 e. The molecule has 0 heterocycles. The molecule has 0 bridgehead atoms. The molecule has 0 spiro atoms. The van der Waals surface area contributed by atoms with Crippen molar-refractivity contribution in [3.8, 4) is 0 Å². The second-order valence-corrected chi connectivity index (χ2v) is 7.79. The molecule has 2 rings (SSSR count). The summed E-state index contributed by atoms with van der Waals surface area (Å²) >= 11 is 12.0. The molecule has 0 radical (unpaired) electrons. The SMILES string of the molecule is C=CCN(c1cccc(C)c1C)S(=O)(=O)c1cc(Cl)ccc1Cl. The van der Waals surface area contributed by atoms with E-state index in [0.717, 1.165) is 11.1 Å². The molecule has 0 atom stereocenters. The Morgan fingerprint density at radius 1 is 1.17 bits per heavy atom. The van der Waals surface area contributed by atoms with Crippen molar-refractivity contribution in [3.05, 3.63) is 70.2 Å². The number of halogens is 2. The molecule has 0 aromatic heterocycles. The second-order valence-electron chi connectivity index (χ2n) is 5.12. The molecule has 6 heteroatoms. The lowest BCUT2D eigenvalue weighted by Gasteiger charge is -2.26. The summed E-state index contributed by atoms with van der Waals surface area (Å²) in [7, 11) is -3.86. The van der Waals surface area contributed by atoms with Gasteiger partial charge in [0.15, 0.2) is 0 Å². The minimum atomic E-state index is -3.86. The average molecular weight is 370 g/mol. The van der Waals surface area contributed by atoms with Crippen LogP contribution in [-0.2, 0) is 10.0 Å². The van der Waals surface area contributed by atoms with Crippen LogP contribution in [0.15, 0.2) is 53.9 Å². The van der Waals surface area contributed by atoms with Crippen molar-refractivity contribution in [2.45, 2.75) is 18.7 Å². The van der Waals surface area contributed by atoms with E-state index in [-0.39, 0.29) is 16.5 Å². The van der Waals surface area contributed by atoms with E-state index in [1.165, 1.54) is 22.5 Å². The van der Waals surface area contributed by atoms with Crippen molar-refractivity contribution in [2.75, 3.05) is 10.8 Å². The Kier molecular flexibility index (Phi) is 5.40. The summed E-state index contributed by atoms with van der Waals surface area (Å²) in [5.41, 5.74) is 2.49. The van der Waals surface area contributed by atoms with Gasteiger partial charge in [0, 0.05) is 5.02 Å². The molecule has 0 saturated carbocycles. The number of sulfonamides is 1. The number of hydrogen-bond donors (Lipinski definition) is 0. The zero-order chi connectivity index (χ0) is 17.2. The fraction of sp³-hybridized carbons (Fsp3) is 0.176. The Morgan fingerprint density at radius 2 is 1.87 bits per heavy atom. The number of rotatable bonds is 5. The van der Waals surface area contributed by atoms with E-state index < -0.39 is 10.0 Å². The quantitative estimate of drug-likeness (QED) is 0.696. The molecule has 0 unspecified atom stereocenters. The lowest BCUT2D eigenvalue weighted by atomic mass is 10.1. The smallest absolute Gasteiger partial charge is 0.262 e. The Hall–Kier alpha value is -1.49. The lowest BCUT2D eigenvalue weighted by molar-refractivity contribution is 0.593. The van der Waals surface area contributed by atoms with Gasteiger partial charge in [-0.2, -0.15) is 0 Å². The van der Waals surface area contributed by atoms with Gasteiger partial charge in [0.2, 0.25) is 0 Å². The zero-order valence-corrected chi connectivity index (χ0v) is 15.2. The van der Waals surface area contributed by atoms with Gasteiger partial charge in [-0.15, -0.1) is 6.58 Å². The van der Waals surface area contributed by atoms with Gasteiger partial charge in [0.1, 0.15) is 4.90 Å². The van der Waals surface area contributed by atoms with E-state index in [1.54, 1.807) is 12.1 Å². The van der Waals surface area contributed by atoms with Crippen molar-refractivity contribution < 1.29 is 8.42 Å². The van der Waals surface area contributed by atoms with Gasteiger partial charge in [-0.25, -0.2) is 8.42 Å². The van der Waals surface area contributed by atoms with Gasteiger partial charge in [0.25, 0.3) is 10.0 Å². The van der Waals surface area contributed by atoms with E-state index in [2.05, 4.69) is 6.58 Å². The van der Waals surface area contributed by atoms with Crippen LogP contribution >= 0.6 is 23.2 Å². The average Bonchev–Trinajstić information content (AvgIpc) is 2.50. The van der Waals surface area contributed by atoms with E-state index in [1.807, 2.05) is 26.0 Å². The first-order valence-corrected chi connectivity index (χ1v) is 9.13. The van der Waals surface area contributed by atoms with Gasteiger partial charge in [-0.1, -0.05) is 41.4 Å². The molecule has 23 heavy (non-hydrogen) atoms. The van der Waals surface area contributed by atoms with Crippen LogP contribution in [0.4, 0.5) is 5.69 Å². The first-order valence-electron chi connectivity index (χ1n) is 6.94. The fourth-order valence-electron chi connectivity index (χ4n) is 2.24. The van der Waals surface area contributed by atoms with Crippen LogP contribution in [-0.4, -0.2) is 15.0 Å². The second kappa shape index (κ2) is 6.95. The number of anilines is 1. The van der Waals surface area contributed by atoms with Gasteiger partial charge in [-0.3, -0.25) is 4.31 Å². The number of benzene rings is 2. The third kappa shape index (κ3) is 3.55. The summed E-state index contributed by atoms with van der Waals surface area (Å²) in [5.74, 6) is 0. The molecule has 0 saturated heterocycles. The van der Waals surface area contributed by atoms with Crippen LogP contribution in [0, 0.1) is 13.8 Å². The van der Waals surface area contributed by atoms with Crippen molar-refractivity contribution >= 4 is 38.9 Å². The highest BCUT2D eigenvalue weighted by Gasteiger charge is 2.28. The minimum absolute atomic E-state index is 0.0191. The highest BCUT2D eigenvalue weighted by Crippen LogP contribution is 2.32. The van der Waals surface area contributed by atoms with Crippen molar-refractivity contribution in [1.29, 1.82) is 0 Å². The van der Waals surface area contributed by atoms with Crippen molar-refractivity contribution in [2.24, 2.45) is 0 Å². The van der Waals surface area contributed by atoms with E-state index in [9.17, 15) is 8.42 Å². The summed E-state index contributed by atoms with van der Waals surface area (Å²) in [4.78, 5) is -0.0191. The number of hydrogen-bond acceptors (Lipinski definition) is 2. The predicted molar refractivity (Wildman–Crippen MR) is 97.1 cm³/mol. The minimum Gasteiger partial charge on any atom is -0.262 e. The number of nitrogens with zero attached hydrogens (tertiary/aromatic N) is 1. The predicted octanol–water partition coefficient (Wildman–Crippen LogP) is 4.99. The van der Waals surface area contributed by atoms with Gasteiger partial charge in [0.05, 0.1) is 17.3 Å². The monoisotopic (exact) mass is 369 g/mol. The summed E-state index contributed by atoms with van der Waals surface area (Å²) < 4.78 is 27.5. The summed E-state index contributed by atoms with van der Waals surface area (Å²) in [5, 5.41) is 0.446. The fourth-order valence-corrected chi connectivity index (χ4v) is 4.48. The molecule has 0 fully saturated rings. The molecule has 0 amide bonds. The normalized spacial score (nSPS) is 11.3. The molecule has 0 aliphatic heterocycles. The first kappa shape index (κ1) is 17.9. The summed E-state index contributed by atoms with van der Waals surface area (Å²) in [6.07, 6.45) is 1.54.